The van der Waals surface area contributed by atoms with Crippen LogP contribution in [0.1, 0.15) is 13.3 Å². The van der Waals surface area contributed by atoms with Gasteiger partial charge in [-0.1, -0.05) is 0 Å². The Balaban J connectivity index is 2.22. The van der Waals surface area contributed by atoms with Gasteiger partial charge in [-0.3, -0.25) is 0 Å². The Morgan fingerprint density at radius 2 is 2.50 bits per heavy atom. The molecule has 3 heteroatoms. The highest BCUT2D eigenvalue weighted by Gasteiger charge is 2.27. The summed E-state index contributed by atoms with van der Waals surface area (Å²) in [5.41, 5.74) is 0. The van der Waals surface area contributed by atoms with Crippen LogP contribution in [-0.4, -0.2) is 30.9 Å². The van der Waals surface area contributed by atoms with E-state index in [9.17, 15) is 0 Å². The average molecular weight is 161 g/mol. The first-order valence-electron chi connectivity index (χ1n) is 3.65. The monoisotopic (exact) mass is 161 g/mol. The third-order valence-corrected chi connectivity index (χ3v) is 3.20. The van der Waals surface area contributed by atoms with Crippen LogP contribution in [0.15, 0.2) is 0 Å². The largest absolute Gasteiger partial charge is 0.385 e. The predicted octanol–water partition coefficient (Wildman–Crippen LogP) is 1.08. The smallest absolute Gasteiger partial charge is 0.0639 e. The summed E-state index contributed by atoms with van der Waals surface area (Å²) in [5.74, 6) is 1.24. The molecule has 1 saturated heterocycles. The van der Waals surface area contributed by atoms with Crippen LogP contribution in [0, 0.1) is 0 Å². The van der Waals surface area contributed by atoms with Crippen molar-refractivity contribution >= 4 is 11.8 Å². The molecule has 1 aliphatic rings. The van der Waals surface area contributed by atoms with E-state index in [4.69, 9.17) is 4.74 Å². The standard InChI is InChI=1S/C7H15NOS/c1-7(3-5-9-2)8-4-6-10-7/h8H,3-6H2,1-2H3. The van der Waals surface area contributed by atoms with E-state index in [1.165, 1.54) is 5.75 Å². The summed E-state index contributed by atoms with van der Waals surface area (Å²) >= 11 is 1.99. The second kappa shape index (κ2) is 3.60. The number of hydrogen-bond acceptors (Lipinski definition) is 3. The van der Waals surface area contributed by atoms with Gasteiger partial charge in [-0.2, -0.15) is 0 Å². The summed E-state index contributed by atoms with van der Waals surface area (Å²) in [6, 6.07) is 0. The Kier molecular flexibility index (Phi) is 3.01. The minimum Gasteiger partial charge on any atom is -0.385 e. The molecule has 1 atom stereocenters. The molecule has 60 valence electrons. The molecule has 10 heavy (non-hydrogen) atoms. The number of rotatable bonds is 3. The molecule has 0 saturated carbocycles. The number of methoxy groups -OCH3 is 1. The second-order valence-electron chi connectivity index (χ2n) is 2.75. The Morgan fingerprint density at radius 3 is 3.00 bits per heavy atom. The van der Waals surface area contributed by atoms with E-state index in [0.29, 0.717) is 0 Å². The topological polar surface area (TPSA) is 21.3 Å². The highest BCUT2D eigenvalue weighted by atomic mass is 32.2. The molecule has 0 aromatic carbocycles. The van der Waals surface area contributed by atoms with Crippen molar-refractivity contribution in [1.29, 1.82) is 0 Å². The van der Waals surface area contributed by atoms with Crippen molar-refractivity contribution in [3.63, 3.8) is 0 Å². The molecule has 1 aliphatic heterocycles. The van der Waals surface area contributed by atoms with Gasteiger partial charge in [0.15, 0.2) is 0 Å². The fraction of sp³-hybridized carbons (Fsp3) is 1.00. The maximum atomic E-state index is 5.02. The van der Waals surface area contributed by atoms with Crippen LogP contribution in [0.2, 0.25) is 0 Å². The molecule has 2 nitrogen and oxygen atoms in total. The van der Waals surface area contributed by atoms with Crippen molar-refractivity contribution in [1.82, 2.24) is 5.32 Å². The Hall–Kier alpha value is 0.270. The van der Waals surface area contributed by atoms with Crippen molar-refractivity contribution in [2.45, 2.75) is 18.2 Å². The zero-order chi connectivity index (χ0) is 7.45. The molecule has 1 unspecified atom stereocenters. The molecular weight excluding hydrogens is 146 g/mol. The summed E-state index contributed by atoms with van der Waals surface area (Å²) in [5, 5.41) is 3.45. The van der Waals surface area contributed by atoms with Crippen LogP contribution in [0.3, 0.4) is 0 Å². The number of nitrogens with one attached hydrogen (secondary N) is 1. The number of ether oxygens (including phenoxy) is 1. The van der Waals surface area contributed by atoms with Gasteiger partial charge in [0.2, 0.25) is 0 Å². The molecular formula is C7H15NOS. The Labute approximate surface area is 66.7 Å². The van der Waals surface area contributed by atoms with E-state index in [1.807, 2.05) is 11.8 Å². The van der Waals surface area contributed by atoms with Gasteiger partial charge in [-0.15, -0.1) is 11.8 Å². The van der Waals surface area contributed by atoms with Crippen LogP contribution in [0.4, 0.5) is 0 Å². The molecule has 1 rings (SSSR count). The summed E-state index contributed by atoms with van der Waals surface area (Å²) in [7, 11) is 1.75. The van der Waals surface area contributed by atoms with E-state index in [-0.39, 0.29) is 4.87 Å². The maximum absolute atomic E-state index is 5.02. The van der Waals surface area contributed by atoms with Crippen molar-refractivity contribution in [3.05, 3.63) is 0 Å². The lowest BCUT2D eigenvalue weighted by Gasteiger charge is -2.22. The molecule has 0 spiro atoms. The van der Waals surface area contributed by atoms with Gasteiger partial charge in [-0.25, -0.2) is 0 Å². The third kappa shape index (κ3) is 2.15. The predicted molar refractivity (Wildman–Crippen MR) is 45.4 cm³/mol. The first-order chi connectivity index (χ1) is 4.77. The van der Waals surface area contributed by atoms with E-state index in [2.05, 4.69) is 12.2 Å². The van der Waals surface area contributed by atoms with Gasteiger partial charge >= 0.3 is 0 Å². The van der Waals surface area contributed by atoms with Gasteiger partial charge < -0.3 is 10.1 Å². The molecule has 1 N–H and O–H groups in total. The molecule has 0 amide bonds. The zero-order valence-corrected chi connectivity index (χ0v) is 7.46. The van der Waals surface area contributed by atoms with E-state index < -0.39 is 0 Å². The molecule has 0 radical (unpaired) electrons. The van der Waals surface area contributed by atoms with Crippen molar-refractivity contribution in [2.75, 3.05) is 26.0 Å². The molecule has 0 bridgehead atoms. The molecule has 0 aliphatic carbocycles. The lowest BCUT2D eigenvalue weighted by Crippen LogP contribution is -2.34. The first kappa shape index (κ1) is 8.37. The fourth-order valence-electron chi connectivity index (χ4n) is 1.10. The van der Waals surface area contributed by atoms with Crippen LogP contribution < -0.4 is 5.32 Å². The summed E-state index contributed by atoms with van der Waals surface area (Å²) < 4.78 is 5.02. The van der Waals surface area contributed by atoms with Gasteiger partial charge in [0.25, 0.3) is 0 Å². The average Bonchev–Trinajstić information content (AvgIpc) is 2.33. The minimum atomic E-state index is 0.288. The Bertz CT molecular complexity index is 102. The lowest BCUT2D eigenvalue weighted by molar-refractivity contribution is 0.182. The quantitative estimate of drug-likeness (QED) is 0.669. The highest BCUT2D eigenvalue weighted by Crippen LogP contribution is 2.29. The lowest BCUT2D eigenvalue weighted by atomic mass is 10.2. The van der Waals surface area contributed by atoms with Gasteiger partial charge in [0.05, 0.1) is 4.87 Å². The SMILES string of the molecule is COCCC1(C)NCCS1. The highest BCUT2D eigenvalue weighted by molar-refractivity contribution is 8.00. The van der Waals surface area contributed by atoms with Crippen LogP contribution >= 0.6 is 11.8 Å². The normalized spacial score (nSPS) is 33.0. The van der Waals surface area contributed by atoms with Gasteiger partial charge in [-0.05, 0) is 13.3 Å². The molecule has 1 heterocycles. The van der Waals surface area contributed by atoms with E-state index in [0.717, 1.165) is 19.6 Å². The van der Waals surface area contributed by atoms with Crippen LogP contribution in [-0.2, 0) is 4.74 Å². The molecule has 0 aromatic rings. The molecule has 1 fully saturated rings. The zero-order valence-electron chi connectivity index (χ0n) is 6.64. The third-order valence-electron chi connectivity index (χ3n) is 1.80. The van der Waals surface area contributed by atoms with Crippen molar-refractivity contribution < 1.29 is 4.74 Å². The maximum Gasteiger partial charge on any atom is 0.0639 e. The molecule has 0 aromatic heterocycles. The number of thioether (sulfide) groups is 1. The van der Waals surface area contributed by atoms with Crippen molar-refractivity contribution in [3.8, 4) is 0 Å². The summed E-state index contributed by atoms with van der Waals surface area (Å²) in [4.78, 5) is 0.288. The van der Waals surface area contributed by atoms with Crippen molar-refractivity contribution in [2.24, 2.45) is 0 Å². The van der Waals surface area contributed by atoms with Gasteiger partial charge in [0, 0.05) is 26.0 Å². The van der Waals surface area contributed by atoms with E-state index in [1.54, 1.807) is 7.11 Å². The number of hydrogen-bond donors (Lipinski definition) is 1. The van der Waals surface area contributed by atoms with Crippen LogP contribution in [0.25, 0.3) is 0 Å². The van der Waals surface area contributed by atoms with Crippen LogP contribution in [0.5, 0.6) is 0 Å². The van der Waals surface area contributed by atoms with Gasteiger partial charge in [0.1, 0.15) is 0 Å². The minimum absolute atomic E-state index is 0.288. The first-order valence-corrected chi connectivity index (χ1v) is 4.63. The summed E-state index contributed by atoms with van der Waals surface area (Å²) in [6.45, 7) is 4.24. The fourth-order valence-corrected chi connectivity index (χ4v) is 2.19. The Morgan fingerprint density at radius 1 is 1.70 bits per heavy atom. The second-order valence-corrected chi connectivity index (χ2v) is 4.35. The summed E-state index contributed by atoms with van der Waals surface area (Å²) in [6.07, 6.45) is 1.11. The van der Waals surface area contributed by atoms with E-state index >= 15 is 0 Å².